The van der Waals surface area contributed by atoms with Gasteiger partial charge in [-0.25, -0.2) is 0 Å². The maximum atomic E-state index is 6.14. The van der Waals surface area contributed by atoms with E-state index in [-0.39, 0.29) is 0 Å². The number of ether oxygens (including phenoxy) is 1. The van der Waals surface area contributed by atoms with Crippen LogP contribution in [0.2, 0.25) is 4.34 Å². The van der Waals surface area contributed by atoms with Crippen LogP contribution in [0.4, 0.5) is 0 Å². The maximum Gasteiger partial charge on any atom is 0.118 e. The van der Waals surface area contributed by atoms with E-state index in [0.29, 0.717) is 6.04 Å². The molecule has 1 atom stereocenters. The zero-order valence-electron chi connectivity index (χ0n) is 11.5. The molecule has 0 saturated carbocycles. The van der Waals surface area contributed by atoms with Crippen LogP contribution in [-0.4, -0.2) is 13.7 Å². The highest BCUT2D eigenvalue weighted by atomic mass is 35.5. The molecule has 0 amide bonds. The van der Waals surface area contributed by atoms with Crippen molar-refractivity contribution in [3.05, 3.63) is 50.7 Å². The molecule has 2 heterocycles. The minimum atomic E-state index is 0.435. The lowest BCUT2D eigenvalue weighted by Crippen LogP contribution is -2.29. The van der Waals surface area contributed by atoms with E-state index < -0.39 is 0 Å². The number of methoxy groups -OCH3 is 1. The zero-order valence-corrected chi connectivity index (χ0v) is 13.1. The van der Waals surface area contributed by atoms with E-state index in [9.17, 15) is 0 Å². The second-order valence-corrected chi connectivity index (χ2v) is 6.84. The summed E-state index contributed by atoms with van der Waals surface area (Å²) in [5, 5.41) is 3.60. The van der Waals surface area contributed by atoms with Crippen LogP contribution < -0.4 is 10.1 Å². The van der Waals surface area contributed by atoms with Gasteiger partial charge in [-0.05, 0) is 48.6 Å². The first-order valence-electron chi connectivity index (χ1n) is 6.90. The lowest BCUT2D eigenvalue weighted by molar-refractivity contribution is 0.414. The largest absolute Gasteiger partial charge is 0.497 e. The summed E-state index contributed by atoms with van der Waals surface area (Å²) in [6.45, 7) is 1.05. The number of aryl methyl sites for hydroxylation is 1. The van der Waals surface area contributed by atoms with Crippen LogP contribution in [0.5, 0.6) is 5.75 Å². The van der Waals surface area contributed by atoms with Crippen molar-refractivity contribution in [2.24, 2.45) is 0 Å². The third-order valence-corrected chi connectivity index (χ3v) is 5.15. The van der Waals surface area contributed by atoms with E-state index in [1.54, 1.807) is 18.4 Å². The molecule has 1 N–H and O–H groups in total. The van der Waals surface area contributed by atoms with E-state index in [0.717, 1.165) is 35.9 Å². The van der Waals surface area contributed by atoms with Gasteiger partial charge < -0.3 is 10.1 Å². The lowest BCUT2D eigenvalue weighted by atomic mass is 9.96. The highest BCUT2D eigenvalue weighted by molar-refractivity contribution is 7.16. The van der Waals surface area contributed by atoms with Crippen molar-refractivity contribution in [1.29, 1.82) is 0 Å². The monoisotopic (exact) mass is 307 g/mol. The molecule has 1 aliphatic heterocycles. The molecule has 0 spiro atoms. The number of hydrogen-bond donors (Lipinski definition) is 1. The normalized spacial score (nSPS) is 17.8. The van der Waals surface area contributed by atoms with Crippen LogP contribution in [-0.2, 0) is 12.8 Å². The van der Waals surface area contributed by atoms with Crippen molar-refractivity contribution >= 4 is 22.9 Å². The van der Waals surface area contributed by atoms with E-state index >= 15 is 0 Å². The highest BCUT2D eigenvalue weighted by Gasteiger charge is 2.21. The van der Waals surface area contributed by atoms with Crippen LogP contribution in [0.1, 0.15) is 28.5 Å². The van der Waals surface area contributed by atoms with E-state index in [1.807, 2.05) is 12.1 Å². The van der Waals surface area contributed by atoms with Crippen molar-refractivity contribution in [3.63, 3.8) is 0 Å². The molecule has 2 nitrogen and oxygen atoms in total. The Morgan fingerprint density at radius 2 is 2.15 bits per heavy atom. The van der Waals surface area contributed by atoms with Gasteiger partial charge in [0.1, 0.15) is 5.75 Å². The van der Waals surface area contributed by atoms with Crippen LogP contribution >= 0.6 is 22.9 Å². The summed E-state index contributed by atoms with van der Waals surface area (Å²) in [7, 11) is 1.70. The van der Waals surface area contributed by atoms with Crippen LogP contribution in [0.3, 0.4) is 0 Å². The van der Waals surface area contributed by atoms with Gasteiger partial charge >= 0.3 is 0 Å². The SMILES string of the molecule is COc1ccc(CCC2NCCc3sc(Cl)cc32)cc1. The number of nitrogens with one attached hydrogen (secondary N) is 1. The van der Waals surface area contributed by atoms with Gasteiger partial charge in [0.2, 0.25) is 0 Å². The van der Waals surface area contributed by atoms with Gasteiger partial charge in [0.25, 0.3) is 0 Å². The molecule has 1 aliphatic rings. The lowest BCUT2D eigenvalue weighted by Gasteiger charge is -2.24. The van der Waals surface area contributed by atoms with Gasteiger partial charge in [0.05, 0.1) is 11.4 Å². The summed E-state index contributed by atoms with van der Waals surface area (Å²) in [5.74, 6) is 0.913. The molecule has 1 aromatic heterocycles. The molecular formula is C16H18ClNOS. The predicted molar refractivity (Wildman–Crippen MR) is 85.1 cm³/mol. The van der Waals surface area contributed by atoms with Gasteiger partial charge in [0.15, 0.2) is 0 Å². The first-order chi connectivity index (χ1) is 9.76. The third kappa shape index (κ3) is 3.00. The number of halogens is 1. The first-order valence-corrected chi connectivity index (χ1v) is 8.10. The molecule has 1 aromatic carbocycles. The van der Waals surface area contributed by atoms with Crippen LogP contribution in [0.25, 0.3) is 0 Å². The molecular weight excluding hydrogens is 290 g/mol. The fraction of sp³-hybridized carbons (Fsp3) is 0.375. The molecule has 0 fully saturated rings. The van der Waals surface area contributed by atoms with Crippen molar-refractivity contribution in [1.82, 2.24) is 5.32 Å². The summed E-state index contributed by atoms with van der Waals surface area (Å²) < 4.78 is 6.10. The average molecular weight is 308 g/mol. The average Bonchev–Trinajstić information content (AvgIpc) is 2.86. The second-order valence-electron chi connectivity index (χ2n) is 5.07. The minimum absolute atomic E-state index is 0.435. The Kier molecular flexibility index (Phi) is 4.29. The van der Waals surface area contributed by atoms with Crippen molar-refractivity contribution < 1.29 is 4.74 Å². The molecule has 0 saturated heterocycles. The molecule has 3 rings (SSSR count). The number of hydrogen-bond acceptors (Lipinski definition) is 3. The Morgan fingerprint density at radius 1 is 1.35 bits per heavy atom. The Morgan fingerprint density at radius 3 is 2.90 bits per heavy atom. The van der Waals surface area contributed by atoms with Crippen molar-refractivity contribution in [2.75, 3.05) is 13.7 Å². The Balaban J connectivity index is 1.66. The molecule has 0 aliphatic carbocycles. The standard InChI is InChI=1S/C16H18ClNOS/c1-19-12-5-2-11(3-6-12)4-7-14-13-10-16(17)20-15(13)8-9-18-14/h2-3,5-6,10,14,18H,4,7-9H2,1H3. The second kappa shape index (κ2) is 6.17. The highest BCUT2D eigenvalue weighted by Crippen LogP contribution is 2.35. The number of rotatable bonds is 4. The molecule has 1 unspecified atom stereocenters. The minimum Gasteiger partial charge on any atom is -0.497 e. The molecule has 20 heavy (non-hydrogen) atoms. The smallest absolute Gasteiger partial charge is 0.118 e. The van der Waals surface area contributed by atoms with E-state index in [1.165, 1.54) is 16.0 Å². The molecule has 0 radical (unpaired) electrons. The van der Waals surface area contributed by atoms with Gasteiger partial charge in [-0.1, -0.05) is 23.7 Å². The van der Waals surface area contributed by atoms with Crippen molar-refractivity contribution in [2.45, 2.75) is 25.3 Å². The van der Waals surface area contributed by atoms with Gasteiger partial charge in [-0.2, -0.15) is 0 Å². The van der Waals surface area contributed by atoms with Crippen LogP contribution in [0, 0.1) is 0 Å². The number of fused-ring (bicyclic) bond motifs is 1. The number of thiophene rings is 1. The van der Waals surface area contributed by atoms with E-state index in [4.69, 9.17) is 16.3 Å². The maximum absolute atomic E-state index is 6.14. The topological polar surface area (TPSA) is 21.3 Å². The summed E-state index contributed by atoms with van der Waals surface area (Å²) in [5.41, 5.74) is 2.75. The Bertz CT molecular complexity index is 579. The van der Waals surface area contributed by atoms with Gasteiger partial charge in [-0.3, -0.25) is 0 Å². The summed E-state index contributed by atoms with van der Waals surface area (Å²) in [6, 6.07) is 10.9. The van der Waals surface area contributed by atoms with Crippen LogP contribution in [0.15, 0.2) is 30.3 Å². The molecule has 4 heteroatoms. The van der Waals surface area contributed by atoms with Crippen molar-refractivity contribution in [3.8, 4) is 5.75 Å². The fourth-order valence-corrected chi connectivity index (χ4v) is 4.07. The first kappa shape index (κ1) is 13.9. The quantitative estimate of drug-likeness (QED) is 0.912. The Hall–Kier alpha value is -1.03. The molecule has 0 bridgehead atoms. The fourth-order valence-electron chi connectivity index (χ4n) is 2.73. The summed E-state index contributed by atoms with van der Waals surface area (Å²) in [6.07, 6.45) is 3.27. The third-order valence-electron chi connectivity index (χ3n) is 3.81. The zero-order chi connectivity index (χ0) is 13.9. The van der Waals surface area contributed by atoms with Gasteiger partial charge in [-0.15, -0.1) is 11.3 Å². The summed E-state index contributed by atoms with van der Waals surface area (Å²) in [4.78, 5) is 1.45. The Labute approximate surface area is 128 Å². The summed E-state index contributed by atoms with van der Waals surface area (Å²) >= 11 is 7.87. The van der Waals surface area contributed by atoms with Gasteiger partial charge in [0, 0.05) is 17.5 Å². The number of benzene rings is 1. The molecule has 106 valence electrons. The van der Waals surface area contributed by atoms with E-state index in [2.05, 4.69) is 23.5 Å². The predicted octanol–water partition coefficient (Wildman–Crippen LogP) is 4.23. The molecule has 2 aromatic rings.